The second-order valence-electron chi connectivity index (χ2n) is 8.46. The highest BCUT2D eigenvalue weighted by Gasteiger charge is 2.38. The Bertz CT molecular complexity index is 821. The molecule has 0 radical (unpaired) electrons. The lowest BCUT2D eigenvalue weighted by Crippen LogP contribution is -2.45. The van der Waals surface area contributed by atoms with Gasteiger partial charge in [0, 0.05) is 30.6 Å². The van der Waals surface area contributed by atoms with E-state index in [4.69, 9.17) is 15.7 Å². The van der Waals surface area contributed by atoms with E-state index < -0.39 is 0 Å². The third-order valence-corrected chi connectivity index (χ3v) is 6.90. The maximum atomic E-state index is 6.20. The van der Waals surface area contributed by atoms with Gasteiger partial charge in [-0.3, -0.25) is 0 Å². The Hall–Kier alpha value is -2.14. The molecule has 5 rings (SSSR count). The van der Waals surface area contributed by atoms with Crippen LogP contribution in [0.4, 0.5) is 11.8 Å². The second kappa shape index (κ2) is 6.79. The van der Waals surface area contributed by atoms with E-state index in [0.29, 0.717) is 11.9 Å². The van der Waals surface area contributed by atoms with E-state index >= 15 is 0 Å². The van der Waals surface area contributed by atoms with E-state index in [1.165, 1.54) is 42.6 Å². The number of aromatic nitrogens is 2. The van der Waals surface area contributed by atoms with Gasteiger partial charge in [0.05, 0.1) is 5.69 Å². The van der Waals surface area contributed by atoms with Crippen LogP contribution in [0, 0.1) is 5.92 Å². The lowest BCUT2D eigenvalue weighted by atomic mass is 9.82. The Morgan fingerprint density at radius 1 is 1.04 bits per heavy atom. The maximum absolute atomic E-state index is 6.20. The number of nitrogens with two attached hydrogens (primary N) is 1. The van der Waals surface area contributed by atoms with Crippen LogP contribution in [0.5, 0.6) is 0 Å². The zero-order valence-electron chi connectivity index (χ0n) is 16.1. The minimum absolute atomic E-state index is 0.342. The van der Waals surface area contributed by atoms with Crippen LogP contribution in [0.1, 0.15) is 48.4 Å². The van der Waals surface area contributed by atoms with Crippen LogP contribution in [0.3, 0.4) is 0 Å². The van der Waals surface area contributed by atoms with Crippen LogP contribution in [-0.4, -0.2) is 47.6 Å². The van der Waals surface area contributed by atoms with Crippen molar-refractivity contribution in [3.63, 3.8) is 0 Å². The molecule has 3 heterocycles. The Balaban J connectivity index is 1.51. The number of likely N-dealkylation sites (tertiary alicyclic amines) is 1. The number of anilines is 2. The molecule has 1 aromatic carbocycles. The summed E-state index contributed by atoms with van der Waals surface area (Å²) in [5.41, 5.74) is 10.1. The summed E-state index contributed by atoms with van der Waals surface area (Å²) in [5, 5.41) is 0. The van der Waals surface area contributed by atoms with Gasteiger partial charge < -0.3 is 15.5 Å². The number of nitrogens with zero attached hydrogens (tertiary/aromatic N) is 4. The molecule has 2 aromatic rings. The first-order valence-electron chi connectivity index (χ1n) is 10.4. The summed E-state index contributed by atoms with van der Waals surface area (Å²) in [7, 11) is 2.27. The number of hydrogen-bond donors (Lipinski definition) is 1. The van der Waals surface area contributed by atoms with Gasteiger partial charge >= 0.3 is 0 Å². The number of fused-ring (bicyclic) bond motifs is 2. The van der Waals surface area contributed by atoms with E-state index in [1.54, 1.807) is 0 Å². The standard InChI is InChI=1S/C22H29N5/c1-26-12-10-16-14-27(13-11-19(16)26)21-18-9-5-8-17(15-6-3-2-4-7-15)20(18)24-22(23)25-21/h2-4,6-7,16-17,19H,5,8-14H2,1H3,(H2,23,24,25). The van der Waals surface area contributed by atoms with E-state index in [0.717, 1.165) is 43.7 Å². The summed E-state index contributed by atoms with van der Waals surface area (Å²) in [4.78, 5) is 14.5. The predicted octanol–water partition coefficient (Wildman–Crippen LogP) is 3.06. The Morgan fingerprint density at radius 3 is 2.74 bits per heavy atom. The molecule has 0 saturated carbocycles. The molecular formula is C22H29N5. The van der Waals surface area contributed by atoms with Gasteiger partial charge in [0.2, 0.25) is 5.95 Å². The van der Waals surface area contributed by atoms with Crippen molar-refractivity contribution in [3.8, 4) is 0 Å². The molecule has 0 spiro atoms. The fourth-order valence-corrected chi connectivity index (χ4v) is 5.54. The molecule has 2 fully saturated rings. The SMILES string of the molecule is CN1CCC2CN(c3nc(N)nc4c3CCCC4c3ccccc3)CCC21. The molecular weight excluding hydrogens is 334 g/mol. The molecule has 5 heteroatoms. The number of nitrogen functional groups attached to an aromatic ring is 1. The van der Waals surface area contributed by atoms with Gasteiger partial charge in [-0.25, -0.2) is 4.98 Å². The normalized spacial score (nSPS) is 28.0. The molecule has 3 aliphatic rings. The highest BCUT2D eigenvalue weighted by atomic mass is 15.3. The summed E-state index contributed by atoms with van der Waals surface area (Å²) in [6.07, 6.45) is 5.92. The number of piperidine rings is 1. The molecule has 2 N–H and O–H groups in total. The quantitative estimate of drug-likeness (QED) is 0.889. The minimum Gasteiger partial charge on any atom is -0.368 e. The van der Waals surface area contributed by atoms with Crippen molar-refractivity contribution in [2.75, 3.05) is 37.3 Å². The molecule has 3 atom stereocenters. The summed E-state index contributed by atoms with van der Waals surface area (Å²) in [6, 6.07) is 11.5. The molecule has 27 heavy (non-hydrogen) atoms. The number of rotatable bonds is 2. The molecule has 1 aliphatic carbocycles. The summed E-state index contributed by atoms with van der Waals surface area (Å²) >= 11 is 0. The summed E-state index contributed by atoms with van der Waals surface area (Å²) < 4.78 is 0. The Morgan fingerprint density at radius 2 is 1.89 bits per heavy atom. The van der Waals surface area contributed by atoms with Crippen molar-refractivity contribution >= 4 is 11.8 Å². The van der Waals surface area contributed by atoms with E-state index in [9.17, 15) is 0 Å². The van der Waals surface area contributed by atoms with Gasteiger partial charge in [0.1, 0.15) is 5.82 Å². The lowest BCUT2D eigenvalue weighted by Gasteiger charge is -2.39. The van der Waals surface area contributed by atoms with Crippen molar-refractivity contribution in [3.05, 3.63) is 47.2 Å². The van der Waals surface area contributed by atoms with Gasteiger partial charge in [0.25, 0.3) is 0 Å². The maximum Gasteiger partial charge on any atom is 0.222 e. The van der Waals surface area contributed by atoms with Crippen LogP contribution in [-0.2, 0) is 6.42 Å². The van der Waals surface area contributed by atoms with E-state index in [1.807, 2.05) is 0 Å². The zero-order chi connectivity index (χ0) is 18.4. The van der Waals surface area contributed by atoms with Gasteiger partial charge in [-0.1, -0.05) is 30.3 Å². The van der Waals surface area contributed by atoms with E-state index in [-0.39, 0.29) is 0 Å². The van der Waals surface area contributed by atoms with Crippen molar-refractivity contribution in [1.29, 1.82) is 0 Å². The van der Waals surface area contributed by atoms with Gasteiger partial charge in [-0.2, -0.15) is 4.98 Å². The molecule has 5 nitrogen and oxygen atoms in total. The fourth-order valence-electron chi connectivity index (χ4n) is 5.54. The zero-order valence-corrected chi connectivity index (χ0v) is 16.1. The third kappa shape index (κ3) is 2.98. The predicted molar refractivity (Wildman–Crippen MR) is 109 cm³/mol. The molecule has 2 aliphatic heterocycles. The van der Waals surface area contributed by atoms with Crippen molar-refractivity contribution in [2.24, 2.45) is 5.92 Å². The van der Waals surface area contributed by atoms with Crippen LogP contribution in [0.2, 0.25) is 0 Å². The number of benzene rings is 1. The highest BCUT2D eigenvalue weighted by molar-refractivity contribution is 5.55. The molecule has 0 bridgehead atoms. The average molecular weight is 364 g/mol. The average Bonchev–Trinajstić information content (AvgIpc) is 3.08. The molecule has 2 saturated heterocycles. The first-order chi connectivity index (χ1) is 13.2. The van der Waals surface area contributed by atoms with Gasteiger partial charge in [0.15, 0.2) is 0 Å². The highest BCUT2D eigenvalue weighted by Crippen LogP contribution is 2.41. The van der Waals surface area contributed by atoms with Crippen LogP contribution >= 0.6 is 0 Å². The second-order valence-corrected chi connectivity index (χ2v) is 8.46. The van der Waals surface area contributed by atoms with Crippen molar-refractivity contribution < 1.29 is 0 Å². The van der Waals surface area contributed by atoms with Gasteiger partial charge in [-0.05, 0) is 57.2 Å². The summed E-state index contributed by atoms with van der Waals surface area (Å²) in [6.45, 7) is 3.40. The first-order valence-corrected chi connectivity index (χ1v) is 10.4. The van der Waals surface area contributed by atoms with Crippen molar-refractivity contribution in [1.82, 2.24) is 14.9 Å². The van der Waals surface area contributed by atoms with Crippen LogP contribution < -0.4 is 10.6 Å². The van der Waals surface area contributed by atoms with Crippen molar-refractivity contribution in [2.45, 2.75) is 44.1 Å². The monoisotopic (exact) mass is 363 g/mol. The molecule has 1 aromatic heterocycles. The van der Waals surface area contributed by atoms with Crippen LogP contribution in [0.15, 0.2) is 30.3 Å². The largest absolute Gasteiger partial charge is 0.368 e. The Kier molecular flexibility index (Phi) is 4.27. The topological polar surface area (TPSA) is 58.3 Å². The first kappa shape index (κ1) is 17.0. The summed E-state index contributed by atoms with van der Waals surface area (Å²) in [5.74, 6) is 2.64. The molecule has 3 unspecified atom stereocenters. The van der Waals surface area contributed by atoms with E-state index in [2.05, 4.69) is 47.2 Å². The lowest BCUT2D eigenvalue weighted by molar-refractivity contribution is 0.238. The van der Waals surface area contributed by atoms with Crippen LogP contribution in [0.25, 0.3) is 0 Å². The van der Waals surface area contributed by atoms with Gasteiger partial charge in [-0.15, -0.1) is 0 Å². The number of hydrogen-bond acceptors (Lipinski definition) is 5. The smallest absolute Gasteiger partial charge is 0.222 e. The molecule has 142 valence electrons. The fraction of sp³-hybridized carbons (Fsp3) is 0.545. The minimum atomic E-state index is 0.342. The molecule has 0 amide bonds. The third-order valence-electron chi connectivity index (χ3n) is 6.90. The Labute approximate surface area is 161 Å².